The van der Waals surface area contributed by atoms with Crippen LogP contribution in [-0.4, -0.2) is 11.9 Å². The molecule has 5 nitrogen and oxygen atoms in total. The molecule has 0 aliphatic carbocycles. The highest BCUT2D eigenvalue weighted by atomic mass is 35.5. The number of rotatable bonds is 4. The van der Waals surface area contributed by atoms with Crippen LogP contribution in [-0.2, 0) is 0 Å². The van der Waals surface area contributed by atoms with Gasteiger partial charge in [-0.2, -0.15) is 0 Å². The van der Waals surface area contributed by atoms with E-state index >= 15 is 0 Å². The van der Waals surface area contributed by atoms with Gasteiger partial charge in [0, 0.05) is 10.7 Å². The molecule has 0 saturated carbocycles. The van der Waals surface area contributed by atoms with Gasteiger partial charge in [-0.1, -0.05) is 53.5 Å². The molecule has 0 aliphatic rings. The molecule has 0 saturated heterocycles. The van der Waals surface area contributed by atoms with Gasteiger partial charge in [0.2, 0.25) is 0 Å². The van der Waals surface area contributed by atoms with Crippen molar-refractivity contribution in [1.29, 1.82) is 0 Å². The van der Waals surface area contributed by atoms with Gasteiger partial charge in [-0.3, -0.25) is 10.1 Å². The van der Waals surface area contributed by atoms with E-state index in [1.807, 2.05) is 6.07 Å². The number of ether oxygens (including phenoxy) is 1. The van der Waals surface area contributed by atoms with Crippen LogP contribution in [0.5, 0.6) is 11.5 Å². The fourth-order valence-electron chi connectivity index (χ4n) is 2.27. The monoisotopic (exact) mass is 400 g/mol. The Hall–Kier alpha value is -3.02. The minimum atomic E-state index is -0.648. The lowest BCUT2D eigenvalue weighted by Gasteiger charge is -2.12. The average molecular weight is 401 g/mol. The molecule has 2 N–H and O–H groups in total. The minimum absolute atomic E-state index is 0.187. The van der Waals surface area contributed by atoms with Crippen LogP contribution in [0.15, 0.2) is 72.8 Å². The number of hydrogen-bond donors (Lipinski definition) is 2. The van der Waals surface area contributed by atoms with Crippen molar-refractivity contribution in [3.05, 3.63) is 88.4 Å². The number of nitrogens with one attached hydrogen (secondary N) is 2. The zero-order valence-corrected chi connectivity index (χ0v) is 15.4. The van der Waals surface area contributed by atoms with Crippen LogP contribution < -0.4 is 15.4 Å². The summed E-state index contributed by atoms with van der Waals surface area (Å²) in [6.07, 6.45) is 0. The Labute approximate surface area is 165 Å². The van der Waals surface area contributed by atoms with Crippen molar-refractivity contribution in [3.63, 3.8) is 0 Å². The highest BCUT2D eigenvalue weighted by molar-refractivity contribution is 6.35. The summed E-state index contributed by atoms with van der Waals surface area (Å²) in [7, 11) is 0. The van der Waals surface area contributed by atoms with Gasteiger partial charge in [0.05, 0.1) is 10.6 Å². The SMILES string of the molecule is O=C(NC(=O)c1ccccc1Oc1ccc(Cl)cc1Cl)Nc1ccccc1. The fraction of sp³-hybridized carbons (Fsp3) is 0. The molecule has 0 atom stereocenters. The highest BCUT2D eigenvalue weighted by Gasteiger charge is 2.16. The van der Waals surface area contributed by atoms with E-state index < -0.39 is 11.9 Å². The van der Waals surface area contributed by atoms with Crippen LogP contribution in [0.3, 0.4) is 0 Å². The summed E-state index contributed by atoms with van der Waals surface area (Å²) in [5.74, 6) is -0.00842. The lowest BCUT2D eigenvalue weighted by Crippen LogP contribution is -2.34. The van der Waals surface area contributed by atoms with Gasteiger partial charge in [0.25, 0.3) is 5.91 Å². The zero-order chi connectivity index (χ0) is 19.2. The first kappa shape index (κ1) is 18.8. The first-order valence-electron chi connectivity index (χ1n) is 7.92. The Morgan fingerprint density at radius 1 is 0.815 bits per heavy atom. The first-order chi connectivity index (χ1) is 13.0. The smallest absolute Gasteiger partial charge is 0.326 e. The highest BCUT2D eigenvalue weighted by Crippen LogP contribution is 2.33. The number of benzene rings is 3. The molecule has 0 radical (unpaired) electrons. The van der Waals surface area contributed by atoms with Crippen molar-refractivity contribution in [2.45, 2.75) is 0 Å². The number of hydrogen-bond acceptors (Lipinski definition) is 3. The molecule has 3 amide bonds. The van der Waals surface area contributed by atoms with Gasteiger partial charge in [-0.05, 0) is 42.5 Å². The number of amides is 3. The molecule has 0 aromatic heterocycles. The van der Waals surface area contributed by atoms with E-state index in [9.17, 15) is 9.59 Å². The number of anilines is 1. The second-order valence-corrected chi connectivity index (χ2v) is 6.29. The van der Waals surface area contributed by atoms with E-state index in [-0.39, 0.29) is 11.3 Å². The van der Waals surface area contributed by atoms with E-state index in [2.05, 4.69) is 10.6 Å². The van der Waals surface area contributed by atoms with Crippen molar-refractivity contribution in [1.82, 2.24) is 5.32 Å². The summed E-state index contributed by atoms with van der Waals surface area (Å²) in [6.45, 7) is 0. The van der Waals surface area contributed by atoms with Gasteiger partial charge >= 0.3 is 6.03 Å². The summed E-state index contributed by atoms with van der Waals surface area (Å²) >= 11 is 12.0. The van der Waals surface area contributed by atoms with Gasteiger partial charge in [-0.25, -0.2) is 4.79 Å². The maximum atomic E-state index is 12.5. The van der Waals surface area contributed by atoms with Crippen LogP contribution >= 0.6 is 23.2 Å². The molecule has 0 unspecified atom stereocenters. The van der Waals surface area contributed by atoms with Crippen LogP contribution in [0.4, 0.5) is 10.5 Å². The van der Waals surface area contributed by atoms with Crippen molar-refractivity contribution in [3.8, 4) is 11.5 Å². The number of carbonyl (C=O) groups is 2. The molecule has 136 valence electrons. The van der Waals surface area contributed by atoms with E-state index in [0.717, 1.165) is 0 Å². The van der Waals surface area contributed by atoms with Crippen LogP contribution in [0.1, 0.15) is 10.4 Å². The summed E-state index contributed by atoms with van der Waals surface area (Å²) in [4.78, 5) is 24.5. The average Bonchev–Trinajstić information content (AvgIpc) is 2.65. The van der Waals surface area contributed by atoms with E-state index in [1.165, 1.54) is 6.07 Å². The Balaban J connectivity index is 1.74. The van der Waals surface area contributed by atoms with Crippen molar-refractivity contribution < 1.29 is 14.3 Å². The molecule has 0 fully saturated rings. The van der Waals surface area contributed by atoms with Crippen molar-refractivity contribution in [2.75, 3.05) is 5.32 Å². The number of carbonyl (C=O) groups excluding carboxylic acids is 2. The molecule has 3 aromatic rings. The maximum absolute atomic E-state index is 12.5. The number of urea groups is 1. The Morgan fingerprint density at radius 2 is 1.52 bits per heavy atom. The van der Waals surface area contributed by atoms with E-state index in [1.54, 1.807) is 60.7 Å². The topological polar surface area (TPSA) is 67.4 Å². The third-order valence-electron chi connectivity index (χ3n) is 3.50. The summed E-state index contributed by atoms with van der Waals surface area (Å²) in [5, 5.41) is 5.62. The Bertz CT molecular complexity index is 978. The summed E-state index contributed by atoms with van der Waals surface area (Å²) in [5.41, 5.74) is 0.756. The second kappa shape index (κ2) is 8.58. The van der Waals surface area contributed by atoms with Gasteiger partial charge in [-0.15, -0.1) is 0 Å². The van der Waals surface area contributed by atoms with E-state index in [0.29, 0.717) is 21.5 Å². The molecule has 0 heterocycles. The van der Waals surface area contributed by atoms with Crippen LogP contribution in [0.25, 0.3) is 0 Å². The van der Waals surface area contributed by atoms with Gasteiger partial charge in [0.1, 0.15) is 11.5 Å². The molecule has 3 rings (SSSR count). The lowest BCUT2D eigenvalue weighted by molar-refractivity contribution is 0.0965. The number of para-hydroxylation sites is 2. The van der Waals surface area contributed by atoms with E-state index in [4.69, 9.17) is 27.9 Å². The predicted octanol–water partition coefficient (Wildman–Crippen LogP) is 5.75. The minimum Gasteiger partial charge on any atom is -0.455 e. The molecule has 0 aliphatic heterocycles. The molecule has 27 heavy (non-hydrogen) atoms. The standard InChI is InChI=1S/C20H14Cl2N2O3/c21-13-10-11-18(16(22)12-13)27-17-9-5-4-8-15(17)19(25)24-20(26)23-14-6-2-1-3-7-14/h1-12H,(H2,23,24,25,26). The van der Waals surface area contributed by atoms with Crippen LogP contribution in [0.2, 0.25) is 10.0 Å². The third kappa shape index (κ3) is 5.00. The first-order valence-corrected chi connectivity index (χ1v) is 8.68. The number of halogens is 2. The van der Waals surface area contributed by atoms with Crippen molar-refractivity contribution >= 4 is 40.8 Å². The third-order valence-corrected chi connectivity index (χ3v) is 4.03. The predicted molar refractivity (Wildman–Crippen MR) is 106 cm³/mol. The lowest BCUT2D eigenvalue weighted by atomic mass is 10.2. The maximum Gasteiger partial charge on any atom is 0.326 e. The summed E-state index contributed by atoms with van der Waals surface area (Å²) in [6, 6.07) is 19.4. The zero-order valence-electron chi connectivity index (χ0n) is 13.9. The fourth-order valence-corrected chi connectivity index (χ4v) is 2.72. The van der Waals surface area contributed by atoms with Gasteiger partial charge in [0.15, 0.2) is 0 Å². The van der Waals surface area contributed by atoms with Gasteiger partial charge < -0.3 is 10.1 Å². The Morgan fingerprint density at radius 3 is 2.26 bits per heavy atom. The summed E-state index contributed by atoms with van der Waals surface area (Å²) < 4.78 is 5.73. The molecule has 3 aromatic carbocycles. The molecule has 7 heteroatoms. The molecular weight excluding hydrogens is 387 g/mol. The molecule has 0 bridgehead atoms. The molecule has 0 spiro atoms. The second-order valence-electron chi connectivity index (χ2n) is 5.45. The van der Waals surface area contributed by atoms with Crippen molar-refractivity contribution in [2.24, 2.45) is 0 Å². The largest absolute Gasteiger partial charge is 0.455 e. The Kier molecular flexibility index (Phi) is 5.96. The number of imide groups is 1. The van der Waals surface area contributed by atoms with Crippen LogP contribution in [0, 0.1) is 0 Å². The molecular formula is C20H14Cl2N2O3. The quantitative estimate of drug-likeness (QED) is 0.585. The normalized spacial score (nSPS) is 10.1.